The Labute approximate surface area is 167 Å². The minimum Gasteiger partial charge on any atom is -0.339 e. The molecule has 1 saturated heterocycles. The minimum atomic E-state index is -0.0726. The lowest BCUT2D eigenvalue weighted by molar-refractivity contribution is -0.141. The van der Waals surface area contributed by atoms with Crippen molar-refractivity contribution in [1.29, 1.82) is 0 Å². The molecule has 0 unspecified atom stereocenters. The fraction of sp³-hybridized carbons (Fsp3) is 0.391. The summed E-state index contributed by atoms with van der Waals surface area (Å²) in [4.78, 5) is 30.7. The summed E-state index contributed by atoms with van der Waals surface area (Å²) in [6, 6.07) is 18.5. The molecule has 3 rings (SSSR count). The van der Waals surface area contributed by atoms with Gasteiger partial charge >= 0.3 is 0 Å². The first-order valence-electron chi connectivity index (χ1n) is 9.86. The molecule has 0 spiro atoms. The number of amides is 2. The van der Waals surface area contributed by atoms with Gasteiger partial charge in [0.1, 0.15) is 6.54 Å². The average molecular weight is 380 g/mol. The molecular weight excluding hydrogens is 350 g/mol. The van der Waals surface area contributed by atoms with E-state index in [-0.39, 0.29) is 18.4 Å². The molecule has 1 aliphatic rings. The third-order valence-electron chi connectivity index (χ3n) is 5.24. The van der Waals surface area contributed by atoms with Crippen LogP contribution in [0.5, 0.6) is 0 Å². The molecule has 2 aromatic carbocycles. The van der Waals surface area contributed by atoms with Crippen LogP contribution in [0.4, 0.5) is 0 Å². The van der Waals surface area contributed by atoms with Crippen molar-refractivity contribution in [2.75, 3.05) is 32.7 Å². The molecule has 0 radical (unpaired) electrons. The van der Waals surface area contributed by atoms with Crippen LogP contribution in [-0.2, 0) is 22.7 Å². The highest BCUT2D eigenvalue weighted by Gasteiger charge is 2.23. The number of rotatable bonds is 6. The molecule has 0 atom stereocenters. The van der Waals surface area contributed by atoms with Gasteiger partial charge in [-0.3, -0.25) is 14.5 Å². The molecule has 2 aromatic rings. The van der Waals surface area contributed by atoms with E-state index >= 15 is 0 Å². The Kier molecular flexibility index (Phi) is 6.82. The lowest BCUT2D eigenvalue weighted by Gasteiger charge is -2.35. The lowest BCUT2D eigenvalue weighted by atomic mass is 10.1. The second-order valence-electron chi connectivity index (χ2n) is 7.50. The number of benzene rings is 2. The molecule has 1 aliphatic heterocycles. The van der Waals surface area contributed by atoms with Crippen LogP contribution in [0.3, 0.4) is 0 Å². The van der Waals surface area contributed by atoms with Crippen molar-refractivity contribution in [3.8, 4) is 0 Å². The number of carbonyl (C=O) groups is 2. The number of hydrogen-bond acceptors (Lipinski definition) is 3. The van der Waals surface area contributed by atoms with Crippen molar-refractivity contribution in [1.82, 2.24) is 14.7 Å². The van der Waals surface area contributed by atoms with E-state index in [1.807, 2.05) is 42.2 Å². The van der Waals surface area contributed by atoms with Gasteiger partial charge in [0.2, 0.25) is 11.8 Å². The predicted octanol–water partition coefficient (Wildman–Crippen LogP) is 2.69. The van der Waals surface area contributed by atoms with Gasteiger partial charge in [0.05, 0.1) is 0 Å². The van der Waals surface area contributed by atoms with Crippen LogP contribution in [0.25, 0.3) is 0 Å². The Hall–Kier alpha value is -2.66. The summed E-state index contributed by atoms with van der Waals surface area (Å²) in [5.41, 5.74) is 3.52. The standard InChI is InChI=1S/C23H29N3O2/c1-19-8-10-22(11-9-19)17-26(20(2)27)18-23(28)25-14-12-24(13-15-25)16-21-6-4-3-5-7-21/h3-11H,12-18H2,1-2H3. The maximum absolute atomic E-state index is 12.7. The fourth-order valence-electron chi connectivity index (χ4n) is 3.45. The van der Waals surface area contributed by atoms with Gasteiger partial charge in [-0.15, -0.1) is 0 Å². The second kappa shape index (κ2) is 9.51. The number of carbonyl (C=O) groups excluding carboxylic acids is 2. The zero-order valence-corrected chi connectivity index (χ0v) is 16.8. The van der Waals surface area contributed by atoms with Crippen molar-refractivity contribution in [2.45, 2.75) is 26.9 Å². The quantitative estimate of drug-likeness (QED) is 0.775. The molecular formula is C23H29N3O2. The molecule has 0 saturated carbocycles. The van der Waals surface area contributed by atoms with E-state index in [9.17, 15) is 9.59 Å². The van der Waals surface area contributed by atoms with E-state index in [1.165, 1.54) is 18.1 Å². The maximum Gasteiger partial charge on any atom is 0.242 e. The summed E-state index contributed by atoms with van der Waals surface area (Å²) in [6.45, 7) is 8.22. The van der Waals surface area contributed by atoms with Crippen LogP contribution < -0.4 is 0 Å². The number of aryl methyl sites for hydroxylation is 1. The van der Waals surface area contributed by atoms with Crippen molar-refractivity contribution in [2.24, 2.45) is 0 Å². The van der Waals surface area contributed by atoms with Gasteiger partial charge in [-0.1, -0.05) is 60.2 Å². The maximum atomic E-state index is 12.7. The summed E-state index contributed by atoms with van der Waals surface area (Å²) in [5, 5.41) is 0. The highest BCUT2D eigenvalue weighted by atomic mass is 16.2. The lowest BCUT2D eigenvalue weighted by Crippen LogP contribution is -2.51. The highest BCUT2D eigenvalue weighted by Crippen LogP contribution is 2.11. The van der Waals surface area contributed by atoms with E-state index in [0.29, 0.717) is 19.6 Å². The molecule has 0 aromatic heterocycles. The van der Waals surface area contributed by atoms with Crippen molar-refractivity contribution in [3.63, 3.8) is 0 Å². The fourth-order valence-corrected chi connectivity index (χ4v) is 3.45. The van der Waals surface area contributed by atoms with Crippen LogP contribution in [0.2, 0.25) is 0 Å². The van der Waals surface area contributed by atoms with Gasteiger partial charge in [-0.2, -0.15) is 0 Å². The molecule has 28 heavy (non-hydrogen) atoms. The van der Waals surface area contributed by atoms with Gasteiger partial charge in [0.25, 0.3) is 0 Å². The Morgan fingerprint density at radius 1 is 0.893 bits per heavy atom. The Morgan fingerprint density at radius 2 is 1.54 bits per heavy atom. The normalized spacial score (nSPS) is 14.7. The smallest absolute Gasteiger partial charge is 0.242 e. The molecule has 5 nitrogen and oxygen atoms in total. The predicted molar refractivity (Wildman–Crippen MR) is 111 cm³/mol. The summed E-state index contributed by atoms with van der Waals surface area (Å²) in [5.74, 6) is -0.0432. The minimum absolute atomic E-state index is 0.0293. The molecule has 1 fully saturated rings. The average Bonchev–Trinajstić information content (AvgIpc) is 2.70. The first kappa shape index (κ1) is 20.1. The van der Waals surface area contributed by atoms with Gasteiger partial charge < -0.3 is 9.80 Å². The van der Waals surface area contributed by atoms with E-state index < -0.39 is 0 Å². The van der Waals surface area contributed by atoms with E-state index in [0.717, 1.165) is 25.2 Å². The summed E-state index contributed by atoms with van der Waals surface area (Å²) >= 11 is 0. The van der Waals surface area contributed by atoms with Crippen molar-refractivity contribution < 1.29 is 9.59 Å². The van der Waals surface area contributed by atoms with E-state index in [2.05, 4.69) is 29.2 Å². The van der Waals surface area contributed by atoms with Crippen LogP contribution in [-0.4, -0.2) is 59.2 Å². The van der Waals surface area contributed by atoms with Gasteiger partial charge in [0, 0.05) is 46.2 Å². The molecule has 0 N–H and O–H groups in total. The van der Waals surface area contributed by atoms with E-state index in [4.69, 9.17) is 0 Å². The van der Waals surface area contributed by atoms with Crippen molar-refractivity contribution in [3.05, 3.63) is 71.3 Å². The third kappa shape index (κ3) is 5.67. The number of nitrogens with zero attached hydrogens (tertiary/aromatic N) is 3. The monoisotopic (exact) mass is 379 g/mol. The zero-order chi connectivity index (χ0) is 19.9. The van der Waals surface area contributed by atoms with Crippen LogP contribution in [0, 0.1) is 6.92 Å². The molecule has 0 aliphatic carbocycles. The molecule has 5 heteroatoms. The first-order chi connectivity index (χ1) is 13.5. The van der Waals surface area contributed by atoms with Gasteiger partial charge in [-0.25, -0.2) is 0 Å². The highest BCUT2D eigenvalue weighted by molar-refractivity contribution is 5.84. The van der Waals surface area contributed by atoms with Gasteiger partial charge in [-0.05, 0) is 18.1 Å². The van der Waals surface area contributed by atoms with E-state index in [1.54, 1.807) is 4.90 Å². The number of piperazine rings is 1. The first-order valence-corrected chi connectivity index (χ1v) is 9.86. The van der Waals surface area contributed by atoms with Crippen molar-refractivity contribution >= 4 is 11.8 Å². The van der Waals surface area contributed by atoms with Crippen LogP contribution in [0.15, 0.2) is 54.6 Å². The summed E-state index contributed by atoms with van der Waals surface area (Å²) < 4.78 is 0. The molecule has 148 valence electrons. The third-order valence-corrected chi connectivity index (χ3v) is 5.24. The largest absolute Gasteiger partial charge is 0.339 e. The molecule has 1 heterocycles. The summed E-state index contributed by atoms with van der Waals surface area (Å²) in [7, 11) is 0. The second-order valence-corrected chi connectivity index (χ2v) is 7.50. The Balaban J connectivity index is 1.50. The molecule has 2 amide bonds. The summed E-state index contributed by atoms with van der Waals surface area (Å²) in [6.07, 6.45) is 0. The van der Waals surface area contributed by atoms with Crippen LogP contribution in [0.1, 0.15) is 23.6 Å². The topological polar surface area (TPSA) is 43.9 Å². The zero-order valence-electron chi connectivity index (χ0n) is 16.8. The Bertz CT molecular complexity index is 781. The SMILES string of the molecule is CC(=O)N(CC(=O)N1CCN(Cc2ccccc2)CC1)Cc1ccc(C)cc1. The number of hydrogen-bond donors (Lipinski definition) is 0. The Morgan fingerprint density at radius 3 is 2.14 bits per heavy atom. The van der Waals surface area contributed by atoms with Crippen LogP contribution >= 0.6 is 0 Å². The van der Waals surface area contributed by atoms with Gasteiger partial charge in [0.15, 0.2) is 0 Å². The molecule has 0 bridgehead atoms.